The van der Waals surface area contributed by atoms with Crippen molar-refractivity contribution in [3.05, 3.63) is 28.2 Å². The minimum absolute atomic E-state index is 0.265. The lowest BCUT2D eigenvalue weighted by Gasteiger charge is -2.14. The molecule has 1 aliphatic rings. The third-order valence-corrected chi connectivity index (χ3v) is 3.78. The second kappa shape index (κ2) is 3.55. The van der Waals surface area contributed by atoms with E-state index in [-0.39, 0.29) is 5.41 Å². The van der Waals surface area contributed by atoms with Crippen LogP contribution in [0.5, 0.6) is 5.75 Å². The van der Waals surface area contributed by atoms with E-state index < -0.39 is 0 Å². The third kappa shape index (κ3) is 1.79. The summed E-state index contributed by atoms with van der Waals surface area (Å²) < 4.78 is 0.984. The van der Waals surface area contributed by atoms with Crippen LogP contribution in [0.1, 0.15) is 18.4 Å². The van der Waals surface area contributed by atoms with Gasteiger partial charge in [-0.05, 0) is 43.4 Å². The fraction of sp³-hybridized carbons (Fsp3) is 0.455. The molecule has 2 nitrogen and oxygen atoms in total. The van der Waals surface area contributed by atoms with Crippen LogP contribution in [0.15, 0.2) is 22.7 Å². The minimum atomic E-state index is 0.265. The molecule has 1 saturated carbocycles. The molecular formula is C11H14BrNO. The number of phenolic OH excluding ortho intramolecular Hbond substituents is 1. The van der Waals surface area contributed by atoms with Crippen LogP contribution in [0.25, 0.3) is 0 Å². The fourth-order valence-corrected chi connectivity index (χ4v) is 2.22. The molecule has 76 valence electrons. The Kier molecular flexibility index (Phi) is 2.54. The van der Waals surface area contributed by atoms with E-state index in [2.05, 4.69) is 15.9 Å². The quantitative estimate of drug-likeness (QED) is 0.872. The van der Waals surface area contributed by atoms with E-state index in [9.17, 15) is 5.11 Å². The van der Waals surface area contributed by atoms with Gasteiger partial charge in [-0.2, -0.15) is 0 Å². The zero-order valence-electron chi connectivity index (χ0n) is 7.96. The van der Waals surface area contributed by atoms with Crippen LogP contribution in [0.4, 0.5) is 0 Å². The number of nitrogens with two attached hydrogens (primary N) is 1. The Morgan fingerprint density at radius 3 is 2.64 bits per heavy atom. The molecule has 0 heterocycles. The van der Waals surface area contributed by atoms with Gasteiger partial charge in [-0.25, -0.2) is 0 Å². The number of hydrogen-bond donors (Lipinski definition) is 2. The highest BCUT2D eigenvalue weighted by Crippen LogP contribution is 2.49. The summed E-state index contributed by atoms with van der Waals surface area (Å²) in [6.45, 7) is 0.716. The summed E-state index contributed by atoms with van der Waals surface area (Å²) in [5.41, 5.74) is 6.98. The molecule has 0 radical (unpaired) electrons. The number of benzene rings is 1. The summed E-state index contributed by atoms with van der Waals surface area (Å²) in [5, 5.41) is 9.71. The number of hydrogen-bond acceptors (Lipinski definition) is 2. The molecule has 1 fully saturated rings. The van der Waals surface area contributed by atoms with Crippen LogP contribution in [-0.2, 0) is 6.42 Å². The van der Waals surface area contributed by atoms with E-state index in [1.807, 2.05) is 12.1 Å². The van der Waals surface area contributed by atoms with Gasteiger partial charge in [-0.15, -0.1) is 0 Å². The normalized spacial score (nSPS) is 18.1. The molecule has 0 aromatic heterocycles. The molecule has 0 bridgehead atoms. The fourth-order valence-electron chi connectivity index (χ4n) is 1.73. The highest BCUT2D eigenvalue weighted by molar-refractivity contribution is 9.10. The van der Waals surface area contributed by atoms with Crippen LogP contribution >= 0.6 is 15.9 Å². The predicted molar refractivity (Wildman–Crippen MR) is 60.2 cm³/mol. The Hall–Kier alpha value is -0.540. The molecule has 0 unspecified atom stereocenters. The Balaban J connectivity index is 2.24. The molecule has 1 aromatic rings. The average molecular weight is 256 g/mol. The molecule has 14 heavy (non-hydrogen) atoms. The van der Waals surface area contributed by atoms with E-state index in [4.69, 9.17) is 5.73 Å². The second-order valence-electron chi connectivity index (χ2n) is 4.12. The smallest absolute Gasteiger partial charge is 0.119 e. The van der Waals surface area contributed by atoms with Crippen molar-refractivity contribution < 1.29 is 5.11 Å². The molecular weight excluding hydrogens is 242 g/mol. The van der Waals surface area contributed by atoms with Crippen molar-refractivity contribution >= 4 is 15.9 Å². The van der Waals surface area contributed by atoms with E-state index in [1.54, 1.807) is 6.07 Å². The van der Waals surface area contributed by atoms with E-state index >= 15 is 0 Å². The van der Waals surface area contributed by atoms with Gasteiger partial charge in [0.05, 0.1) is 0 Å². The zero-order valence-corrected chi connectivity index (χ0v) is 9.55. The first-order valence-corrected chi connectivity index (χ1v) is 5.63. The first kappa shape index (κ1) is 9.99. The molecule has 3 heteroatoms. The van der Waals surface area contributed by atoms with E-state index in [0.717, 1.165) is 16.5 Å². The number of aromatic hydroxyl groups is 1. The van der Waals surface area contributed by atoms with Crippen LogP contribution < -0.4 is 5.73 Å². The van der Waals surface area contributed by atoms with Crippen molar-refractivity contribution in [1.82, 2.24) is 0 Å². The summed E-state index contributed by atoms with van der Waals surface area (Å²) in [7, 11) is 0. The van der Waals surface area contributed by atoms with Crippen molar-refractivity contribution in [2.45, 2.75) is 19.3 Å². The molecule has 0 saturated heterocycles. The topological polar surface area (TPSA) is 46.2 Å². The van der Waals surface area contributed by atoms with Gasteiger partial charge in [-0.3, -0.25) is 0 Å². The first-order valence-electron chi connectivity index (χ1n) is 4.83. The average Bonchev–Trinajstić information content (AvgIpc) is 2.93. The van der Waals surface area contributed by atoms with Gasteiger partial charge in [0.15, 0.2) is 0 Å². The molecule has 0 spiro atoms. The Bertz CT molecular complexity index is 327. The largest absolute Gasteiger partial charge is 0.508 e. The SMILES string of the molecule is NCC1(Cc2c(O)cccc2Br)CC1. The number of rotatable bonds is 3. The van der Waals surface area contributed by atoms with Crippen LogP contribution in [0.2, 0.25) is 0 Å². The van der Waals surface area contributed by atoms with Gasteiger partial charge in [0.2, 0.25) is 0 Å². The molecule has 1 aliphatic carbocycles. The maximum atomic E-state index is 9.71. The van der Waals surface area contributed by atoms with Crippen LogP contribution in [0.3, 0.4) is 0 Å². The predicted octanol–water partition coefficient (Wildman–Crippen LogP) is 2.44. The molecule has 0 atom stereocenters. The summed E-state index contributed by atoms with van der Waals surface area (Å²) in [6.07, 6.45) is 3.26. The van der Waals surface area contributed by atoms with E-state index in [0.29, 0.717) is 12.3 Å². The number of halogens is 1. The number of phenols is 1. The molecule has 2 rings (SSSR count). The summed E-state index contributed by atoms with van der Waals surface area (Å²) in [5.74, 6) is 0.374. The first-order chi connectivity index (χ1) is 6.67. The highest BCUT2D eigenvalue weighted by atomic mass is 79.9. The monoisotopic (exact) mass is 255 g/mol. The maximum Gasteiger partial charge on any atom is 0.119 e. The molecule has 3 N–H and O–H groups in total. The summed E-state index contributed by atoms with van der Waals surface area (Å²) in [6, 6.07) is 5.53. The molecule has 1 aromatic carbocycles. The lowest BCUT2D eigenvalue weighted by atomic mass is 9.96. The van der Waals surface area contributed by atoms with Gasteiger partial charge >= 0.3 is 0 Å². The van der Waals surface area contributed by atoms with E-state index in [1.165, 1.54) is 12.8 Å². The van der Waals surface area contributed by atoms with Gasteiger partial charge in [0.25, 0.3) is 0 Å². The maximum absolute atomic E-state index is 9.71. The van der Waals surface area contributed by atoms with Crippen molar-refractivity contribution in [1.29, 1.82) is 0 Å². The van der Waals surface area contributed by atoms with Crippen molar-refractivity contribution in [3.63, 3.8) is 0 Å². The lowest BCUT2D eigenvalue weighted by molar-refractivity contribution is 0.449. The third-order valence-electron chi connectivity index (χ3n) is 3.04. The Morgan fingerprint density at radius 2 is 2.14 bits per heavy atom. The van der Waals surface area contributed by atoms with Gasteiger partial charge in [0, 0.05) is 10.0 Å². The van der Waals surface area contributed by atoms with Gasteiger partial charge < -0.3 is 10.8 Å². The standard InChI is InChI=1S/C11H14BrNO/c12-9-2-1-3-10(14)8(9)6-11(7-13)4-5-11/h1-3,14H,4-7,13H2. The van der Waals surface area contributed by atoms with Gasteiger partial charge in [0.1, 0.15) is 5.75 Å². The highest BCUT2D eigenvalue weighted by Gasteiger charge is 2.41. The zero-order chi connectivity index (χ0) is 10.2. The molecule has 0 amide bonds. The minimum Gasteiger partial charge on any atom is -0.508 e. The lowest BCUT2D eigenvalue weighted by Crippen LogP contribution is -2.18. The Morgan fingerprint density at radius 1 is 1.43 bits per heavy atom. The molecule has 0 aliphatic heterocycles. The summed E-state index contributed by atoms with van der Waals surface area (Å²) in [4.78, 5) is 0. The van der Waals surface area contributed by atoms with Crippen LogP contribution in [-0.4, -0.2) is 11.7 Å². The van der Waals surface area contributed by atoms with Gasteiger partial charge in [-0.1, -0.05) is 22.0 Å². The second-order valence-corrected chi connectivity index (χ2v) is 4.97. The summed E-state index contributed by atoms with van der Waals surface area (Å²) >= 11 is 3.46. The van der Waals surface area contributed by atoms with Crippen LogP contribution in [0, 0.1) is 5.41 Å². The Labute approximate surface area is 92.3 Å². The van der Waals surface area contributed by atoms with Crippen molar-refractivity contribution in [2.75, 3.05) is 6.54 Å². The van der Waals surface area contributed by atoms with Crippen molar-refractivity contribution in [3.8, 4) is 5.75 Å². The van der Waals surface area contributed by atoms with Crippen molar-refractivity contribution in [2.24, 2.45) is 11.1 Å².